The van der Waals surface area contributed by atoms with Gasteiger partial charge in [-0.05, 0) is 91.2 Å². The fourth-order valence-electron chi connectivity index (χ4n) is 4.50. The maximum absolute atomic E-state index is 12.5. The first kappa shape index (κ1) is 29.3. The van der Waals surface area contributed by atoms with Crippen LogP contribution in [0.25, 0.3) is 17.2 Å². The van der Waals surface area contributed by atoms with Gasteiger partial charge in [0.2, 0.25) is 10.0 Å². The van der Waals surface area contributed by atoms with Gasteiger partial charge in [0.05, 0.1) is 18.6 Å². The van der Waals surface area contributed by atoms with Gasteiger partial charge in [0.15, 0.2) is 0 Å². The van der Waals surface area contributed by atoms with Crippen LogP contribution in [0.5, 0.6) is 5.75 Å². The Bertz CT molecular complexity index is 1430. The van der Waals surface area contributed by atoms with E-state index in [-0.39, 0.29) is 10.9 Å². The van der Waals surface area contributed by atoms with E-state index in [9.17, 15) is 13.2 Å². The third-order valence-electron chi connectivity index (χ3n) is 6.75. The second-order valence-electron chi connectivity index (χ2n) is 9.38. The number of sulfonamides is 1. The number of anilines is 2. The topological polar surface area (TPSA) is 94.2 Å². The minimum absolute atomic E-state index is 0.189. The van der Waals surface area contributed by atoms with Gasteiger partial charge in [-0.25, -0.2) is 17.9 Å². The average Bonchev–Trinajstić information content (AvgIpc) is 3.18. The van der Waals surface area contributed by atoms with E-state index in [1.165, 1.54) is 14.2 Å². The quantitative estimate of drug-likeness (QED) is 0.228. The molecule has 1 aliphatic rings. The van der Waals surface area contributed by atoms with E-state index < -0.39 is 10.0 Å². The Morgan fingerprint density at radius 2 is 1.68 bits per heavy atom. The highest BCUT2D eigenvalue weighted by molar-refractivity contribution is 7.89. The molecule has 0 amide bonds. The molecule has 0 saturated carbocycles. The van der Waals surface area contributed by atoms with Gasteiger partial charge in [0.25, 0.3) is 0 Å². The predicted molar refractivity (Wildman–Crippen MR) is 157 cm³/mol. The Morgan fingerprint density at radius 1 is 0.950 bits per heavy atom. The Morgan fingerprint density at radius 3 is 2.35 bits per heavy atom. The lowest BCUT2D eigenvalue weighted by Crippen LogP contribution is -2.21. The van der Waals surface area contributed by atoms with E-state index in [0.717, 1.165) is 53.3 Å². The maximum Gasteiger partial charge on any atom is 0.333 e. The summed E-state index contributed by atoms with van der Waals surface area (Å²) in [6.45, 7) is 4.48. The Balaban J connectivity index is 1.59. The summed E-state index contributed by atoms with van der Waals surface area (Å²) >= 11 is 0. The summed E-state index contributed by atoms with van der Waals surface area (Å²) in [6, 6.07) is 20.7. The molecule has 212 valence electrons. The third kappa shape index (κ3) is 7.10. The highest BCUT2D eigenvalue weighted by atomic mass is 32.2. The van der Waals surface area contributed by atoms with Gasteiger partial charge in [0, 0.05) is 30.1 Å². The van der Waals surface area contributed by atoms with Crippen molar-refractivity contribution in [2.75, 3.05) is 45.4 Å². The molecule has 3 aromatic rings. The molecule has 0 spiro atoms. The molecule has 40 heavy (non-hydrogen) atoms. The van der Waals surface area contributed by atoms with Gasteiger partial charge in [-0.15, -0.1) is 0 Å². The van der Waals surface area contributed by atoms with E-state index >= 15 is 0 Å². The van der Waals surface area contributed by atoms with Crippen LogP contribution >= 0.6 is 0 Å². The van der Waals surface area contributed by atoms with Crippen LogP contribution in [0.4, 0.5) is 11.4 Å². The van der Waals surface area contributed by atoms with Gasteiger partial charge in [-0.3, -0.25) is 0 Å². The number of benzene rings is 3. The number of nitrogens with one attached hydrogen (secondary N) is 1. The van der Waals surface area contributed by atoms with Crippen molar-refractivity contribution >= 4 is 33.4 Å². The van der Waals surface area contributed by atoms with Crippen LogP contribution in [0.3, 0.4) is 0 Å². The fourth-order valence-corrected chi connectivity index (χ4v) is 5.23. The number of methoxy groups -OCH3 is 1. The van der Waals surface area contributed by atoms with Crippen molar-refractivity contribution in [2.45, 2.75) is 31.1 Å². The molecular weight excluding hydrogens is 528 g/mol. The van der Waals surface area contributed by atoms with Crippen molar-refractivity contribution in [1.82, 2.24) is 4.72 Å². The number of carbonyl (C=O) groups is 1. The van der Waals surface area contributed by atoms with Crippen molar-refractivity contribution in [3.8, 4) is 16.9 Å². The lowest BCUT2D eigenvalue weighted by Gasteiger charge is -2.26. The van der Waals surface area contributed by atoms with Gasteiger partial charge in [-0.1, -0.05) is 31.5 Å². The molecule has 1 aliphatic heterocycles. The van der Waals surface area contributed by atoms with Crippen molar-refractivity contribution in [2.24, 2.45) is 0 Å². The highest BCUT2D eigenvalue weighted by Gasteiger charge is 2.22. The molecule has 8 nitrogen and oxygen atoms in total. The summed E-state index contributed by atoms with van der Waals surface area (Å²) in [4.78, 5) is 14.8. The number of carbonyl (C=O) groups excluding carboxylic acids is 1. The Kier molecular flexibility index (Phi) is 9.98. The first-order chi connectivity index (χ1) is 19.4. The normalized spacial score (nSPS) is 13.3. The molecule has 1 N–H and O–H groups in total. The first-order valence-corrected chi connectivity index (χ1v) is 14.9. The van der Waals surface area contributed by atoms with Crippen LogP contribution in [-0.2, 0) is 24.3 Å². The van der Waals surface area contributed by atoms with Gasteiger partial charge in [0.1, 0.15) is 12.4 Å². The molecular formula is C31H36N2O6S. The number of ether oxygens (including phenoxy) is 3. The number of esters is 1. The molecule has 0 unspecified atom stereocenters. The third-order valence-corrected chi connectivity index (χ3v) is 8.18. The summed E-state index contributed by atoms with van der Waals surface area (Å²) in [5, 5.41) is 0. The van der Waals surface area contributed by atoms with Gasteiger partial charge >= 0.3 is 5.97 Å². The molecule has 0 radical (unpaired) electrons. The van der Waals surface area contributed by atoms with E-state index in [2.05, 4.69) is 16.5 Å². The van der Waals surface area contributed by atoms with Crippen LogP contribution in [0.2, 0.25) is 0 Å². The maximum atomic E-state index is 12.5. The number of nitrogens with zero attached hydrogens (tertiary/aromatic N) is 1. The van der Waals surface area contributed by atoms with Crippen LogP contribution < -0.4 is 14.4 Å². The second kappa shape index (κ2) is 13.6. The zero-order valence-electron chi connectivity index (χ0n) is 23.2. The SMILES string of the molecule is CCCCOCCOc1ccc(-c2ccc3c(c2)C=C(C(=O)OC)CCN3c2ccc(S(=O)(=O)NC)cc2)cc1. The summed E-state index contributed by atoms with van der Waals surface area (Å²) in [6.07, 6.45) is 4.51. The summed E-state index contributed by atoms with van der Waals surface area (Å²) < 4.78 is 43.1. The smallest absolute Gasteiger partial charge is 0.333 e. The number of fused-ring (bicyclic) bond motifs is 1. The minimum atomic E-state index is -3.54. The Labute approximate surface area is 236 Å². The standard InChI is InChI=1S/C31H36N2O6S/c1-4-5-18-38-19-20-39-28-11-6-23(7-12-28)24-8-15-30-26(21-24)22-25(31(34)37-3)16-17-33(30)27-9-13-29(14-10-27)40(35,36)32-2/h6-15,21-22,32H,4-5,16-20H2,1-3H3. The number of hydrogen-bond acceptors (Lipinski definition) is 7. The largest absolute Gasteiger partial charge is 0.491 e. The number of rotatable bonds is 12. The van der Waals surface area contributed by atoms with E-state index in [4.69, 9.17) is 14.2 Å². The summed E-state index contributed by atoms with van der Waals surface area (Å²) in [7, 11) is -0.776. The molecule has 3 aromatic carbocycles. The highest BCUT2D eigenvalue weighted by Crippen LogP contribution is 2.37. The molecule has 0 saturated heterocycles. The van der Waals surface area contributed by atoms with Crippen LogP contribution in [0, 0.1) is 0 Å². The molecule has 9 heteroatoms. The zero-order chi connectivity index (χ0) is 28.5. The molecule has 0 fully saturated rings. The van der Waals surface area contributed by atoms with E-state index in [0.29, 0.717) is 31.8 Å². The van der Waals surface area contributed by atoms with Gasteiger partial charge < -0.3 is 19.1 Å². The monoisotopic (exact) mass is 564 g/mol. The second-order valence-corrected chi connectivity index (χ2v) is 11.3. The van der Waals surface area contributed by atoms with Crippen molar-refractivity contribution in [3.63, 3.8) is 0 Å². The molecule has 0 aliphatic carbocycles. The molecule has 0 bridgehead atoms. The van der Waals surface area contributed by atoms with Crippen LogP contribution in [0.1, 0.15) is 31.7 Å². The van der Waals surface area contributed by atoms with Crippen LogP contribution in [0.15, 0.2) is 77.2 Å². The first-order valence-electron chi connectivity index (χ1n) is 13.4. The lowest BCUT2D eigenvalue weighted by atomic mass is 10.00. The van der Waals surface area contributed by atoms with Crippen molar-refractivity contribution < 1.29 is 27.4 Å². The molecule has 4 rings (SSSR count). The molecule has 0 atom stereocenters. The van der Waals surface area contributed by atoms with Crippen molar-refractivity contribution in [1.29, 1.82) is 0 Å². The minimum Gasteiger partial charge on any atom is -0.491 e. The Hall–Kier alpha value is -3.66. The zero-order valence-corrected chi connectivity index (χ0v) is 24.0. The van der Waals surface area contributed by atoms with E-state index in [1.807, 2.05) is 48.5 Å². The van der Waals surface area contributed by atoms with E-state index in [1.54, 1.807) is 24.3 Å². The number of hydrogen-bond donors (Lipinski definition) is 1. The summed E-state index contributed by atoms with van der Waals surface area (Å²) in [5.74, 6) is 0.411. The van der Waals surface area contributed by atoms with Crippen LogP contribution in [-0.4, -0.2) is 54.9 Å². The number of unbranched alkanes of at least 4 members (excludes halogenated alkanes) is 1. The van der Waals surface area contributed by atoms with Crippen molar-refractivity contribution in [3.05, 3.63) is 77.9 Å². The molecule has 0 aromatic heterocycles. The van der Waals surface area contributed by atoms with Gasteiger partial charge in [-0.2, -0.15) is 0 Å². The fraction of sp³-hybridized carbons (Fsp3) is 0.323. The summed E-state index contributed by atoms with van der Waals surface area (Å²) in [5.41, 5.74) is 5.18. The predicted octanol–water partition coefficient (Wildman–Crippen LogP) is 5.56. The average molecular weight is 565 g/mol. The molecule has 1 heterocycles. The lowest BCUT2D eigenvalue weighted by molar-refractivity contribution is -0.136.